The summed E-state index contributed by atoms with van der Waals surface area (Å²) in [6.45, 7) is 3.31. The van der Waals surface area contributed by atoms with Crippen LogP contribution in [0.3, 0.4) is 0 Å². The van der Waals surface area contributed by atoms with Gasteiger partial charge in [-0.2, -0.15) is 4.31 Å². The molecule has 1 aromatic heterocycles. The Labute approximate surface area is 117 Å². The first-order valence-electron chi connectivity index (χ1n) is 6.06. The van der Waals surface area contributed by atoms with Gasteiger partial charge in [0.25, 0.3) is 0 Å². The molecule has 0 bridgehead atoms. The molecule has 0 aromatic carbocycles. The largest absolute Gasteiger partial charge is 0.263 e. The number of pyridine rings is 1. The van der Waals surface area contributed by atoms with E-state index >= 15 is 0 Å². The Balaban J connectivity index is 2.10. The molecule has 0 radical (unpaired) electrons. The zero-order valence-electron chi connectivity index (χ0n) is 10.3. The maximum Gasteiger partial charge on any atom is 0.244 e. The second-order valence-corrected chi connectivity index (χ2v) is 7.99. The van der Waals surface area contributed by atoms with Gasteiger partial charge in [0.1, 0.15) is 4.90 Å². The van der Waals surface area contributed by atoms with Crippen LogP contribution in [0.25, 0.3) is 0 Å². The van der Waals surface area contributed by atoms with E-state index in [1.165, 1.54) is 6.20 Å². The van der Waals surface area contributed by atoms with Crippen LogP contribution in [0.1, 0.15) is 19.8 Å². The third-order valence-electron chi connectivity index (χ3n) is 3.42. The molecule has 1 saturated heterocycles. The number of aromatic nitrogens is 1. The summed E-state index contributed by atoms with van der Waals surface area (Å²) in [4.78, 5) is 4.61. The van der Waals surface area contributed by atoms with Gasteiger partial charge in [-0.25, -0.2) is 8.42 Å². The smallest absolute Gasteiger partial charge is 0.244 e. The molecule has 0 amide bonds. The Morgan fingerprint density at radius 2 is 2.11 bits per heavy atom. The van der Waals surface area contributed by atoms with Crippen molar-refractivity contribution in [3.8, 4) is 0 Å². The summed E-state index contributed by atoms with van der Waals surface area (Å²) in [7, 11) is -3.36. The fraction of sp³-hybridized carbons (Fsp3) is 0.583. The van der Waals surface area contributed by atoms with Crippen LogP contribution in [0.4, 0.5) is 0 Å². The summed E-state index contributed by atoms with van der Waals surface area (Å²) in [6.07, 6.45) is 4.81. The van der Waals surface area contributed by atoms with Gasteiger partial charge < -0.3 is 0 Å². The third-order valence-corrected chi connectivity index (χ3v) is 6.05. The van der Waals surface area contributed by atoms with E-state index in [1.54, 1.807) is 22.6 Å². The predicted molar refractivity (Wildman–Crippen MR) is 74.1 cm³/mol. The number of hydrogen-bond donors (Lipinski definition) is 0. The Kier molecular flexibility index (Phi) is 4.40. The number of rotatable bonds is 3. The monoisotopic (exact) mass is 332 g/mol. The highest BCUT2D eigenvalue weighted by Gasteiger charge is 2.30. The van der Waals surface area contributed by atoms with Crippen LogP contribution in [0, 0.1) is 5.92 Å². The van der Waals surface area contributed by atoms with E-state index in [2.05, 4.69) is 27.8 Å². The molecule has 100 valence electrons. The number of nitrogens with zero attached hydrogens (tertiary/aromatic N) is 2. The zero-order valence-corrected chi connectivity index (χ0v) is 12.7. The van der Waals surface area contributed by atoms with Gasteiger partial charge in [0.15, 0.2) is 0 Å². The fourth-order valence-corrected chi connectivity index (χ4v) is 4.19. The van der Waals surface area contributed by atoms with Crippen molar-refractivity contribution < 1.29 is 8.42 Å². The predicted octanol–water partition coefficient (Wildman–Crippen LogP) is 2.27. The molecule has 1 atom stereocenters. The highest BCUT2D eigenvalue weighted by atomic mass is 79.9. The molecule has 1 aliphatic rings. The van der Waals surface area contributed by atoms with Crippen LogP contribution in [-0.2, 0) is 10.0 Å². The van der Waals surface area contributed by atoms with Crippen LogP contribution in [0.15, 0.2) is 29.4 Å². The number of halogens is 1. The first-order valence-corrected chi connectivity index (χ1v) is 8.41. The highest BCUT2D eigenvalue weighted by molar-refractivity contribution is 9.09. The van der Waals surface area contributed by atoms with Gasteiger partial charge >= 0.3 is 0 Å². The Morgan fingerprint density at radius 1 is 1.44 bits per heavy atom. The molecule has 0 N–H and O–H groups in total. The zero-order chi connectivity index (χ0) is 13.2. The quantitative estimate of drug-likeness (QED) is 0.798. The summed E-state index contributed by atoms with van der Waals surface area (Å²) >= 11 is 3.57. The average Bonchev–Trinajstić information content (AvgIpc) is 2.40. The van der Waals surface area contributed by atoms with Gasteiger partial charge in [0, 0.05) is 30.3 Å². The molecule has 2 heterocycles. The molecule has 1 aromatic rings. The minimum atomic E-state index is -3.36. The van der Waals surface area contributed by atoms with Crippen molar-refractivity contribution in [3.63, 3.8) is 0 Å². The molecule has 18 heavy (non-hydrogen) atoms. The van der Waals surface area contributed by atoms with Gasteiger partial charge in [-0.05, 0) is 30.9 Å². The molecule has 4 nitrogen and oxygen atoms in total. The van der Waals surface area contributed by atoms with E-state index < -0.39 is 10.0 Å². The van der Waals surface area contributed by atoms with Crippen LogP contribution in [0.5, 0.6) is 0 Å². The summed E-state index contributed by atoms with van der Waals surface area (Å²) in [5.41, 5.74) is 0. The molecule has 0 aliphatic carbocycles. The number of alkyl halides is 1. The number of hydrogen-bond acceptors (Lipinski definition) is 3. The molecule has 6 heteroatoms. The van der Waals surface area contributed by atoms with Gasteiger partial charge in [-0.1, -0.05) is 22.9 Å². The third kappa shape index (κ3) is 2.92. The summed E-state index contributed by atoms with van der Waals surface area (Å²) in [5.74, 6) is 0.561. The maximum absolute atomic E-state index is 12.3. The van der Waals surface area contributed by atoms with Crippen LogP contribution >= 0.6 is 15.9 Å². The lowest BCUT2D eigenvalue weighted by Crippen LogP contribution is -2.39. The van der Waals surface area contributed by atoms with Crippen molar-refractivity contribution in [1.29, 1.82) is 0 Å². The SMILES string of the molecule is CC(Br)C1CCN(S(=O)(=O)c2cccnc2)CC1. The van der Waals surface area contributed by atoms with E-state index in [0.717, 1.165) is 12.8 Å². The lowest BCUT2D eigenvalue weighted by Gasteiger charge is -2.32. The molecule has 0 spiro atoms. The topological polar surface area (TPSA) is 50.3 Å². The van der Waals surface area contributed by atoms with Crippen molar-refractivity contribution in [2.24, 2.45) is 5.92 Å². The standard InChI is InChI=1S/C12H17BrN2O2S/c1-10(13)11-4-7-15(8-5-11)18(16,17)12-3-2-6-14-9-12/h2-3,6,9-11H,4-5,7-8H2,1H3. The van der Waals surface area contributed by atoms with E-state index in [1.807, 2.05) is 0 Å². The van der Waals surface area contributed by atoms with Crippen molar-refractivity contribution in [3.05, 3.63) is 24.5 Å². The normalized spacial score (nSPS) is 20.8. The molecular weight excluding hydrogens is 316 g/mol. The Hall–Kier alpha value is -0.460. The second kappa shape index (κ2) is 5.67. The summed E-state index contributed by atoms with van der Waals surface area (Å²) < 4.78 is 26.2. The van der Waals surface area contributed by atoms with Crippen molar-refractivity contribution >= 4 is 26.0 Å². The Morgan fingerprint density at radius 3 is 2.61 bits per heavy atom. The van der Waals surface area contributed by atoms with Crippen molar-refractivity contribution in [1.82, 2.24) is 9.29 Å². The molecule has 1 aliphatic heterocycles. The fourth-order valence-electron chi connectivity index (χ4n) is 2.22. The van der Waals surface area contributed by atoms with Crippen molar-refractivity contribution in [2.45, 2.75) is 29.5 Å². The van der Waals surface area contributed by atoms with Gasteiger partial charge in [-0.15, -0.1) is 0 Å². The lowest BCUT2D eigenvalue weighted by atomic mass is 9.96. The van der Waals surface area contributed by atoms with Gasteiger partial charge in [0.2, 0.25) is 10.0 Å². The molecule has 1 unspecified atom stereocenters. The van der Waals surface area contributed by atoms with Crippen LogP contribution in [-0.4, -0.2) is 35.6 Å². The summed E-state index contributed by atoms with van der Waals surface area (Å²) in [5, 5.41) is 0. The van der Waals surface area contributed by atoms with Crippen LogP contribution in [0.2, 0.25) is 0 Å². The summed E-state index contributed by atoms with van der Waals surface area (Å²) in [6, 6.07) is 3.25. The first kappa shape index (κ1) is 14.0. The average molecular weight is 333 g/mol. The minimum Gasteiger partial charge on any atom is -0.263 e. The van der Waals surface area contributed by atoms with E-state index in [4.69, 9.17) is 0 Å². The molecule has 0 saturated carbocycles. The molecule has 2 rings (SSSR count). The molecular formula is C12H17BrN2O2S. The van der Waals surface area contributed by atoms with E-state index in [9.17, 15) is 8.42 Å². The second-order valence-electron chi connectivity index (χ2n) is 4.61. The van der Waals surface area contributed by atoms with Crippen molar-refractivity contribution in [2.75, 3.05) is 13.1 Å². The van der Waals surface area contributed by atoms with Gasteiger partial charge in [-0.3, -0.25) is 4.98 Å². The maximum atomic E-state index is 12.3. The Bertz CT molecular complexity index is 482. The highest BCUT2D eigenvalue weighted by Crippen LogP contribution is 2.28. The van der Waals surface area contributed by atoms with E-state index in [-0.39, 0.29) is 4.90 Å². The number of piperidine rings is 1. The minimum absolute atomic E-state index is 0.287. The lowest BCUT2D eigenvalue weighted by molar-refractivity contribution is 0.274. The first-order chi connectivity index (χ1) is 8.51. The molecule has 1 fully saturated rings. The van der Waals surface area contributed by atoms with Gasteiger partial charge in [0.05, 0.1) is 0 Å². The number of sulfonamides is 1. The van der Waals surface area contributed by atoms with Crippen LogP contribution < -0.4 is 0 Å². The van der Waals surface area contributed by atoms with E-state index in [0.29, 0.717) is 23.8 Å².